The normalized spacial score (nSPS) is 15.5. The van der Waals surface area contributed by atoms with Crippen molar-refractivity contribution in [3.05, 3.63) is 28.0 Å². The molecule has 0 aliphatic carbocycles. The van der Waals surface area contributed by atoms with Crippen LogP contribution in [0.3, 0.4) is 0 Å². The van der Waals surface area contributed by atoms with Gasteiger partial charge in [-0.2, -0.15) is 0 Å². The molecular formula is C17H25ClN2O2. The van der Waals surface area contributed by atoms with E-state index in [0.717, 1.165) is 16.8 Å². The van der Waals surface area contributed by atoms with Gasteiger partial charge < -0.3 is 9.64 Å². The third-order valence-electron chi connectivity index (χ3n) is 3.58. The van der Waals surface area contributed by atoms with Gasteiger partial charge in [-0.15, -0.1) is 0 Å². The summed E-state index contributed by atoms with van der Waals surface area (Å²) in [5.41, 5.74) is 2.50. The largest absolute Gasteiger partial charge is 0.444 e. The summed E-state index contributed by atoms with van der Waals surface area (Å²) in [4.78, 5) is 18.5. The average Bonchev–Trinajstić information content (AvgIpc) is 2.34. The quantitative estimate of drug-likeness (QED) is 0.667. The molecule has 0 bridgehead atoms. The van der Waals surface area contributed by atoms with Crippen molar-refractivity contribution in [3.63, 3.8) is 0 Å². The molecule has 0 saturated carbocycles. The Morgan fingerprint density at radius 2 is 1.91 bits per heavy atom. The Hall–Kier alpha value is -1.29. The molecule has 0 unspecified atom stereocenters. The van der Waals surface area contributed by atoms with Crippen molar-refractivity contribution in [2.75, 3.05) is 6.54 Å². The smallest absolute Gasteiger partial charge is 0.410 e. The number of hydrogen-bond acceptors (Lipinski definition) is 3. The number of ether oxygens (including phenoxy) is 1. The van der Waals surface area contributed by atoms with Crippen LogP contribution in [0, 0.1) is 0 Å². The molecule has 1 aromatic rings. The molecule has 0 saturated heterocycles. The number of hydrogen-bond donors (Lipinski definition) is 0. The van der Waals surface area contributed by atoms with E-state index in [-0.39, 0.29) is 11.5 Å². The average molecular weight is 325 g/mol. The maximum absolute atomic E-state index is 12.2. The van der Waals surface area contributed by atoms with Gasteiger partial charge in [0.15, 0.2) is 0 Å². The van der Waals surface area contributed by atoms with Crippen LogP contribution in [0.4, 0.5) is 4.79 Å². The van der Waals surface area contributed by atoms with Gasteiger partial charge >= 0.3 is 6.09 Å². The highest BCUT2D eigenvalue weighted by Gasteiger charge is 2.28. The van der Waals surface area contributed by atoms with Crippen LogP contribution < -0.4 is 0 Å². The van der Waals surface area contributed by atoms with Gasteiger partial charge in [0.05, 0.1) is 6.54 Å². The third-order valence-corrected chi connectivity index (χ3v) is 3.87. The van der Waals surface area contributed by atoms with Crippen LogP contribution in [0.1, 0.15) is 58.4 Å². The molecule has 1 aliphatic heterocycles. The fourth-order valence-electron chi connectivity index (χ4n) is 2.45. The van der Waals surface area contributed by atoms with E-state index in [1.165, 1.54) is 0 Å². The molecule has 2 rings (SSSR count). The molecule has 0 fully saturated rings. The molecule has 122 valence electrons. The van der Waals surface area contributed by atoms with Crippen molar-refractivity contribution in [2.24, 2.45) is 0 Å². The van der Waals surface area contributed by atoms with Gasteiger partial charge in [-0.05, 0) is 43.4 Å². The Kier molecular flexibility index (Phi) is 4.44. The fourth-order valence-corrected chi connectivity index (χ4v) is 2.89. The van der Waals surface area contributed by atoms with E-state index < -0.39 is 5.60 Å². The van der Waals surface area contributed by atoms with Crippen LogP contribution in [-0.4, -0.2) is 28.1 Å². The number of nitrogens with zero attached hydrogens (tertiary/aromatic N) is 2. The molecule has 1 amide bonds. The molecule has 1 aromatic heterocycles. The van der Waals surface area contributed by atoms with Gasteiger partial charge in [-0.1, -0.05) is 32.4 Å². The lowest BCUT2D eigenvalue weighted by Gasteiger charge is -2.32. The van der Waals surface area contributed by atoms with E-state index in [1.807, 2.05) is 20.8 Å². The monoisotopic (exact) mass is 324 g/mol. The zero-order chi connectivity index (χ0) is 16.7. The van der Waals surface area contributed by atoms with Gasteiger partial charge in [0, 0.05) is 18.7 Å². The zero-order valence-electron chi connectivity index (χ0n) is 14.3. The molecule has 2 heterocycles. The summed E-state index contributed by atoms with van der Waals surface area (Å²) in [6.45, 7) is 13.1. The van der Waals surface area contributed by atoms with Crippen LogP contribution >= 0.6 is 11.6 Å². The summed E-state index contributed by atoms with van der Waals surface area (Å²) in [5, 5.41) is 0.567. The maximum atomic E-state index is 12.2. The number of halogens is 1. The summed E-state index contributed by atoms with van der Waals surface area (Å²) < 4.78 is 5.45. The van der Waals surface area contributed by atoms with Crippen LogP contribution in [0.25, 0.3) is 0 Å². The fraction of sp³-hybridized carbons (Fsp3) is 0.647. The molecule has 0 aromatic carbocycles. The number of carbonyl (C=O) groups is 1. The molecule has 4 nitrogen and oxygen atoms in total. The van der Waals surface area contributed by atoms with Crippen molar-refractivity contribution in [2.45, 2.75) is 65.5 Å². The highest BCUT2D eigenvalue weighted by atomic mass is 35.5. The molecule has 0 atom stereocenters. The summed E-state index contributed by atoms with van der Waals surface area (Å²) in [6.07, 6.45) is 0.434. The van der Waals surface area contributed by atoms with Crippen LogP contribution in [0.15, 0.2) is 6.07 Å². The molecule has 22 heavy (non-hydrogen) atoms. The first kappa shape index (κ1) is 17.1. The predicted molar refractivity (Wildman–Crippen MR) is 88.3 cm³/mol. The van der Waals surface area contributed by atoms with Gasteiger partial charge in [0.1, 0.15) is 10.8 Å². The maximum Gasteiger partial charge on any atom is 0.410 e. The topological polar surface area (TPSA) is 42.4 Å². The highest BCUT2D eigenvalue weighted by molar-refractivity contribution is 6.30. The lowest BCUT2D eigenvalue weighted by molar-refractivity contribution is 0.0222. The van der Waals surface area contributed by atoms with Crippen LogP contribution in [0.5, 0.6) is 0 Å². The van der Waals surface area contributed by atoms with Crippen LogP contribution in [0.2, 0.25) is 5.15 Å². The molecule has 5 heteroatoms. The summed E-state index contributed by atoms with van der Waals surface area (Å²) in [5.74, 6) is 0. The molecule has 1 aliphatic rings. The summed E-state index contributed by atoms with van der Waals surface area (Å²) in [7, 11) is 0. The van der Waals surface area contributed by atoms with Gasteiger partial charge in [0.2, 0.25) is 0 Å². The number of amides is 1. The molecular weight excluding hydrogens is 300 g/mol. The number of aromatic nitrogens is 1. The summed E-state index contributed by atoms with van der Waals surface area (Å²) in [6, 6.07) is 2.08. The second-order valence-corrected chi connectivity index (χ2v) is 8.19. The van der Waals surface area contributed by atoms with Gasteiger partial charge in [-0.25, -0.2) is 9.78 Å². The second-order valence-electron chi connectivity index (χ2n) is 7.83. The number of fused-ring (bicyclic) bond motifs is 1. The first-order chi connectivity index (χ1) is 9.97. The van der Waals surface area contributed by atoms with Crippen molar-refractivity contribution >= 4 is 17.7 Å². The zero-order valence-corrected chi connectivity index (χ0v) is 15.0. The van der Waals surface area contributed by atoms with E-state index >= 15 is 0 Å². The van der Waals surface area contributed by atoms with Crippen molar-refractivity contribution in [3.8, 4) is 0 Å². The van der Waals surface area contributed by atoms with Crippen molar-refractivity contribution in [1.29, 1.82) is 0 Å². The Morgan fingerprint density at radius 1 is 1.27 bits per heavy atom. The van der Waals surface area contributed by atoms with E-state index in [4.69, 9.17) is 16.3 Å². The van der Waals surface area contributed by atoms with E-state index in [2.05, 4.69) is 31.8 Å². The Bertz CT molecular complexity index is 586. The first-order valence-electron chi connectivity index (χ1n) is 7.64. The van der Waals surface area contributed by atoms with E-state index in [9.17, 15) is 4.79 Å². The van der Waals surface area contributed by atoms with E-state index in [1.54, 1.807) is 4.90 Å². The van der Waals surface area contributed by atoms with Gasteiger partial charge in [-0.3, -0.25) is 0 Å². The number of carbonyl (C=O) groups excluding carboxylic acids is 1. The molecule has 0 spiro atoms. The second kappa shape index (κ2) is 5.73. The van der Waals surface area contributed by atoms with Crippen LogP contribution in [-0.2, 0) is 23.1 Å². The highest BCUT2D eigenvalue weighted by Crippen LogP contribution is 2.32. The van der Waals surface area contributed by atoms with Crippen molar-refractivity contribution in [1.82, 2.24) is 9.88 Å². The molecule has 0 N–H and O–H groups in total. The Labute approximate surface area is 137 Å². The van der Waals surface area contributed by atoms with Gasteiger partial charge in [0.25, 0.3) is 0 Å². The number of pyridine rings is 1. The number of rotatable bonds is 0. The minimum atomic E-state index is -0.480. The molecule has 0 radical (unpaired) electrons. The Morgan fingerprint density at radius 3 is 2.45 bits per heavy atom. The lowest BCUT2D eigenvalue weighted by Crippen LogP contribution is -2.40. The van der Waals surface area contributed by atoms with E-state index in [0.29, 0.717) is 24.7 Å². The summed E-state index contributed by atoms with van der Waals surface area (Å²) >= 11 is 6.32. The predicted octanol–water partition coefficient (Wildman–Crippen LogP) is 4.33. The Balaban J connectivity index is 2.24. The third kappa shape index (κ3) is 3.92. The minimum absolute atomic E-state index is 0.0761. The standard InChI is InChI=1S/C17H25ClN2O2/c1-16(2,3)12-9-11-10-20(15(21)22-17(4,5)6)8-7-13(11)19-14(12)18/h9H,7-8,10H2,1-6H3. The first-order valence-corrected chi connectivity index (χ1v) is 8.02. The van der Waals surface area contributed by atoms with Crippen molar-refractivity contribution < 1.29 is 9.53 Å². The minimum Gasteiger partial charge on any atom is -0.444 e. The lowest BCUT2D eigenvalue weighted by atomic mass is 9.86. The SMILES string of the molecule is CC(C)(C)OC(=O)N1CCc2nc(Cl)c(C(C)(C)C)cc2C1.